The minimum absolute atomic E-state index is 0.450. The summed E-state index contributed by atoms with van der Waals surface area (Å²) in [4.78, 5) is 13.8. The van der Waals surface area contributed by atoms with Crippen LogP contribution in [0.15, 0.2) is 48.8 Å². The molecule has 0 aliphatic heterocycles. The van der Waals surface area contributed by atoms with E-state index in [1.807, 2.05) is 24.4 Å². The Morgan fingerprint density at radius 1 is 0.929 bits per heavy atom. The van der Waals surface area contributed by atoms with Gasteiger partial charge < -0.3 is 10.6 Å². The molecule has 5 nitrogen and oxygen atoms in total. The van der Waals surface area contributed by atoms with Gasteiger partial charge in [-0.2, -0.15) is 4.98 Å². The molecule has 28 heavy (non-hydrogen) atoms. The molecule has 2 aromatic heterocycles. The Labute approximate surface area is 166 Å². The Bertz CT molecular complexity index is 913. The maximum Gasteiger partial charge on any atom is 0.225 e. The van der Waals surface area contributed by atoms with E-state index in [0.29, 0.717) is 12.0 Å². The molecular weight excluding hydrogens is 346 g/mol. The molecule has 1 saturated carbocycles. The summed E-state index contributed by atoms with van der Waals surface area (Å²) in [5, 5.41) is 7.08. The van der Waals surface area contributed by atoms with Crippen LogP contribution >= 0.6 is 0 Å². The van der Waals surface area contributed by atoms with Gasteiger partial charge in [0.2, 0.25) is 5.95 Å². The molecule has 3 aromatic rings. The number of nitrogens with zero attached hydrogens (tertiary/aromatic N) is 3. The van der Waals surface area contributed by atoms with E-state index in [0.717, 1.165) is 22.8 Å². The van der Waals surface area contributed by atoms with E-state index >= 15 is 0 Å². The second-order valence-electron chi connectivity index (χ2n) is 7.57. The highest BCUT2D eigenvalue weighted by atomic mass is 15.2. The summed E-state index contributed by atoms with van der Waals surface area (Å²) in [7, 11) is 0. The maximum absolute atomic E-state index is 4.78. The van der Waals surface area contributed by atoms with Gasteiger partial charge in [0.1, 0.15) is 5.82 Å². The topological polar surface area (TPSA) is 62.7 Å². The first kappa shape index (κ1) is 18.4. The summed E-state index contributed by atoms with van der Waals surface area (Å²) in [6.45, 7) is 4.22. The van der Waals surface area contributed by atoms with Crippen molar-refractivity contribution in [3.63, 3.8) is 0 Å². The Morgan fingerprint density at radius 3 is 2.43 bits per heavy atom. The average Bonchev–Trinajstić information content (AvgIpc) is 2.72. The third kappa shape index (κ3) is 4.30. The van der Waals surface area contributed by atoms with Gasteiger partial charge in [-0.05, 0) is 49.9 Å². The molecule has 0 atom stereocenters. The molecule has 4 rings (SSSR count). The molecule has 1 aliphatic carbocycles. The van der Waals surface area contributed by atoms with Gasteiger partial charge >= 0.3 is 0 Å². The van der Waals surface area contributed by atoms with E-state index in [4.69, 9.17) is 9.97 Å². The number of para-hydroxylation sites is 1. The second kappa shape index (κ2) is 8.38. The van der Waals surface area contributed by atoms with Crippen LogP contribution in [0.3, 0.4) is 0 Å². The number of benzene rings is 1. The molecule has 0 radical (unpaired) electrons. The highest BCUT2D eigenvalue weighted by Crippen LogP contribution is 2.28. The SMILES string of the molecule is Cc1cccc(C)c1Nc1cc(-c2cccnc2)nc(NC2CCCCC2)n1. The van der Waals surface area contributed by atoms with Crippen LogP contribution in [-0.2, 0) is 0 Å². The van der Waals surface area contributed by atoms with Gasteiger partial charge in [0.05, 0.1) is 5.69 Å². The van der Waals surface area contributed by atoms with Crippen LogP contribution in [0.25, 0.3) is 11.3 Å². The zero-order chi connectivity index (χ0) is 19.3. The number of anilines is 3. The Hall–Kier alpha value is -2.95. The third-order valence-electron chi connectivity index (χ3n) is 5.36. The minimum Gasteiger partial charge on any atom is -0.351 e. The largest absolute Gasteiger partial charge is 0.351 e. The van der Waals surface area contributed by atoms with Crippen LogP contribution in [0.1, 0.15) is 43.2 Å². The van der Waals surface area contributed by atoms with Crippen LogP contribution < -0.4 is 10.6 Å². The van der Waals surface area contributed by atoms with Crippen LogP contribution in [0.2, 0.25) is 0 Å². The van der Waals surface area contributed by atoms with E-state index < -0.39 is 0 Å². The average molecular weight is 374 g/mol. The fourth-order valence-corrected chi connectivity index (χ4v) is 3.81. The lowest BCUT2D eigenvalue weighted by molar-refractivity contribution is 0.461. The molecule has 1 fully saturated rings. The van der Waals surface area contributed by atoms with E-state index in [1.165, 1.54) is 43.2 Å². The van der Waals surface area contributed by atoms with Crippen molar-refractivity contribution in [1.29, 1.82) is 0 Å². The minimum atomic E-state index is 0.450. The Morgan fingerprint density at radius 2 is 1.71 bits per heavy atom. The molecule has 0 amide bonds. The summed E-state index contributed by atoms with van der Waals surface area (Å²) in [6, 6.07) is 12.7. The van der Waals surface area contributed by atoms with Gasteiger partial charge in [-0.15, -0.1) is 0 Å². The summed E-state index contributed by atoms with van der Waals surface area (Å²) >= 11 is 0. The van der Waals surface area contributed by atoms with Gasteiger partial charge in [-0.1, -0.05) is 37.5 Å². The van der Waals surface area contributed by atoms with E-state index in [2.05, 4.69) is 47.7 Å². The van der Waals surface area contributed by atoms with Gasteiger partial charge in [-0.25, -0.2) is 4.98 Å². The van der Waals surface area contributed by atoms with E-state index in [-0.39, 0.29) is 0 Å². The molecule has 0 unspecified atom stereocenters. The van der Waals surface area contributed by atoms with Gasteiger partial charge in [-0.3, -0.25) is 4.98 Å². The number of aromatic nitrogens is 3. The molecule has 0 spiro atoms. The predicted molar refractivity (Wildman–Crippen MR) is 115 cm³/mol. The molecule has 1 aromatic carbocycles. The van der Waals surface area contributed by atoms with Gasteiger partial charge in [0, 0.05) is 35.8 Å². The molecule has 0 bridgehead atoms. The number of rotatable bonds is 5. The zero-order valence-corrected chi connectivity index (χ0v) is 16.6. The second-order valence-corrected chi connectivity index (χ2v) is 7.57. The first-order valence-electron chi connectivity index (χ1n) is 10.1. The van der Waals surface area contributed by atoms with Crippen molar-refractivity contribution < 1.29 is 0 Å². The first-order valence-corrected chi connectivity index (χ1v) is 10.1. The van der Waals surface area contributed by atoms with Crippen LogP contribution in [0.5, 0.6) is 0 Å². The van der Waals surface area contributed by atoms with Crippen molar-refractivity contribution in [1.82, 2.24) is 15.0 Å². The number of pyridine rings is 1. The molecule has 0 saturated heterocycles. The molecule has 1 aliphatic rings. The Balaban J connectivity index is 1.69. The monoisotopic (exact) mass is 373 g/mol. The molecule has 5 heteroatoms. The van der Waals surface area contributed by atoms with Crippen molar-refractivity contribution >= 4 is 17.5 Å². The molecule has 2 heterocycles. The normalized spacial score (nSPS) is 14.6. The smallest absolute Gasteiger partial charge is 0.225 e. The molecule has 2 N–H and O–H groups in total. The van der Waals surface area contributed by atoms with Gasteiger partial charge in [0.25, 0.3) is 0 Å². The summed E-state index contributed by atoms with van der Waals surface area (Å²) in [5.41, 5.74) is 5.35. The lowest BCUT2D eigenvalue weighted by Crippen LogP contribution is -2.23. The number of nitrogens with one attached hydrogen (secondary N) is 2. The lowest BCUT2D eigenvalue weighted by atomic mass is 9.96. The quantitative estimate of drug-likeness (QED) is 0.605. The fourth-order valence-electron chi connectivity index (χ4n) is 3.81. The highest BCUT2D eigenvalue weighted by Gasteiger charge is 2.16. The first-order chi connectivity index (χ1) is 13.7. The van der Waals surface area contributed by atoms with Crippen molar-refractivity contribution in [2.45, 2.75) is 52.0 Å². The standard InChI is InChI=1S/C23H27N5/c1-16-8-6-9-17(2)22(16)27-21-14-20(18-10-7-13-24-15-18)26-23(28-21)25-19-11-4-3-5-12-19/h6-10,13-15,19H,3-5,11-12H2,1-2H3,(H2,25,26,27,28). The zero-order valence-electron chi connectivity index (χ0n) is 16.6. The highest BCUT2D eigenvalue weighted by molar-refractivity contribution is 5.69. The van der Waals surface area contributed by atoms with Crippen molar-refractivity contribution in [3.8, 4) is 11.3 Å². The van der Waals surface area contributed by atoms with E-state index in [9.17, 15) is 0 Å². The lowest BCUT2D eigenvalue weighted by Gasteiger charge is -2.23. The van der Waals surface area contributed by atoms with Crippen molar-refractivity contribution in [3.05, 3.63) is 59.9 Å². The van der Waals surface area contributed by atoms with Crippen LogP contribution in [0.4, 0.5) is 17.5 Å². The van der Waals surface area contributed by atoms with Crippen LogP contribution in [-0.4, -0.2) is 21.0 Å². The van der Waals surface area contributed by atoms with Gasteiger partial charge in [0.15, 0.2) is 0 Å². The Kier molecular flexibility index (Phi) is 5.51. The third-order valence-corrected chi connectivity index (χ3v) is 5.36. The maximum atomic E-state index is 4.78. The van der Waals surface area contributed by atoms with E-state index in [1.54, 1.807) is 6.20 Å². The summed E-state index contributed by atoms with van der Waals surface area (Å²) in [6.07, 6.45) is 9.85. The fraction of sp³-hybridized carbons (Fsp3) is 0.348. The van der Waals surface area contributed by atoms with Crippen molar-refractivity contribution in [2.24, 2.45) is 0 Å². The van der Waals surface area contributed by atoms with Crippen LogP contribution in [0, 0.1) is 13.8 Å². The predicted octanol–water partition coefficient (Wildman–Crippen LogP) is 5.64. The number of aryl methyl sites for hydroxylation is 2. The number of hydrogen-bond acceptors (Lipinski definition) is 5. The van der Waals surface area contributed by atoms with Crippen molar-refractivity contribution in [2.75, 3.05) is 10.6 Å². The molecular formula is C23H27N5. The number of hydrogen-bond donors (Lipinski definition) is 2. The summed E-state index contributed by atoms with van der Waals surface area (Å²) < 4.78 is 0. The molecule has 144 valence electrons. The summed E-state index contributed by atoms with van der Waals surface area (Å²) in [5.74, 6) is 1.48.